The molecule has 0 radical (unpaired) electrons. The molecular formula is C24H30N2O3. The molecule has 2 fully saturated rings. The van der Waals surface area contributed by atoms with E-state index in [1.165, 1.54) is 5.56 Å². The zero-order valence-electron chi connectivity index (χ0n) is 17.2. The summed E-state index contributed by atoms with van der Waals surface area (Å²) in [6.45, 7) is 6.30. The zero-order chi connectivity index (χ0) is 20.1. The van der Waals surface area contributed by atoms with Crippen LogP contribution in [0.4, 0.5) is 5.69 Å². The number of benzene rings is 2. The van der Waals surface area contributed by atoms with Gasteiger partial charge in [0.1, 0.15) is 5.75 Å². The second-order valence-corrected chi connectivity index (χ2v) is 7.88. The predicted octanol–water partition coefficient (Wildman–Crippen LogP) is 3.87. The van der Waals surface area contributed by atoms with E-state index in [2.05, 4.69) is 17.0 Å². The SMILES string of the molecule is CCOc1ccc(CN2CCOC3(CCCCN(c4ccccc4)C3=O)C2)cc1. The molecule has 1 spiro atoms. The lowest BCUT2D eigenvalue weighted by Gasteiger charge is -2.42. The Hall–Kier alpha value is -2.37. The van der Waals surface area contributed by atoms with E-state index >= 15 is 0 Å². The molecule has 2 saturated heterocycles. The van der Waals surface area contributed by atoms with E-state index in [9.17, 15) is 4.79 Å². The van der Waals surface area contributed by atoms with E-state index in [1.807, 2.05) is 54.3 Å². The molecule has 2 aliphatic rings. The first-order valence-electron chi connectivity index (χ1n) is 10.7. The quantitative estimate of drug-likeness (QED) is 0.772. The van der Waals surface area contributed by atoms with E-state index < -0.39 is 5.60 Å². The summed E-state index contributed by atoms with van der Waals surface area (Å²) in [6.07, 6.45) is 2.80. The summed E-state index contributed by atoms with van der Waals surface area (Å²) in [7, 11) is 0. The van der Waals surface area contributed by atoms with Crippen molar-refractivity contribution in [3.63, 3.8) is 0 Å². The molecule has 5 heteroatoms. The van der Waals surface area contributed by atoms with Crippen molar-refractivity contribution >= 4 is 11.6 Å². The van der Waals surface area contributed by atoms with Gasteiger partial charge in [-0.05, 0) is 56.0 Å². The fourth-order valence-corrected chi connectivity index (χ4v) is 4.38. The molecule has 2 aromatic carbocycles. The number of hydrogen-bond acceptors (Lipinski definition) is 4. The lowest BCUT2D eigenvalue weighted by atomic mass is 9.93. The molecule has 0 bridgehead atoms. The maximum Gasteiger partial charge on any atom is 0.260 e. The summed E-state index contributed by atoms with van der Waals surface area (Å²) >= 11 is 0. The highest BCUT2D eigenvalue weighted by Crippen LogP contribution is 2.32. The van der Waals surface area contributed by atoms with Crippen molar-refractivity contribution in [2.24, 2.45) is 0 Å². The van der Waals surface area contributed by atoms with Gasteiger partial charge in [0.2, 0.25) is 0 Å². The number of carbonyl (C=O) groups excluding carboxylic acids is 1. The minimum absolute atomic E-state index is 0.109. The Morgan fingerprint density at radius 1 is 1.03 bits per heavy atom. The van der Waals surface area contributed by atoms with Gasteiger partial charge in [0.15, 0.2) is 5.60 Å². The molecule has 2 aliphatic heterocycles. The number of carbonyl (C=O) groups is 1. The number of morpholine rings is 1. The van der Waals surface area contributed by atoms with Gasteiger partial charge in [-0.25, -0.2) is 0 Å². The van der Waals surface area contributed by atoms with Crippen LogP contribution in [0.3, 0.4) is 0 Å². The maximum absolute atomic E-state index is 13.6. The van der Waals surface area contributed by atoms with Crippen molar-refractivity contribution in [1.29, 1.82) is 0 Å². The number of ether oxygens (including phenoxy) is 2. The summed E-state index contributed by atoms with van der Waals surface area (Å²) in [4.78, 5) is 17.9. The molecule has 1 unspecified atom stereocenters. The molecule has 1 amide bonds. The normalized spacial score (nSPS) is 23.2. The first kappa shape index (κ1) is 19.9. The fraction of sp³-hybridized carbons (Fsp3) is 0.458. The average molecular weight is 395 g/mol. The first-order chi connectivity index (χ1) is 14.2. The Labute approximate surface area is 173 Å². The largest absolute Gasteiger partial charge is 0.494 e. The van der Waals surface area contributed by atoms with Gasteiger partial charge < -0.3 is 14.4 Å². The van der Waals surface area contributed by atoms with E-state index in [-0.39, 0.29) is 5.91 Å². The van der Waals surface area contributed by atoms with Crippen LogP contribution < -0.4 is 9.64 Å². The summed E-state index contributed by atoms with van der Waals surface area (Å²) in [5.41, 5.74) is 1.45. The third-order valence-electron chi connectivity index (χ3n) is 5.82. The summed E-state index contributed by atoms with van der Waals surface area (Å²) in [6, 6.07) is 18.2. The van der Waals surface area contributed by atoms with Gasteiger partial charge in [-0.3, -0.25) is 9.69 Å². The lowest BCUT2D eigenvalue weighted by molar-refractivity contribution is -0.158. The van der Waals surface area contributed by atoms with Gasteiger partial charge in [0.05, 0.1) is 13.2 Å². The fourth-order valence-electron chi connectivity index (χ4n) is 4.38. The van der Waals surface area contributed by atoms with Gasteiger partial charge in [0.25, 0.3) is 5.91 Å². The molecule has 0 N–H and O–H groups in total. The van der Waals surface area contributed by atoms with Crippen molar-refractivity contribution in [3.8, 4) is 5.75 Å². The minimum atomic E-state index is -0.740. The summed E-state index contributed by atoms with van der Waals surface area (Å²) in [5, 5.41) is 0. The van der Waals surface area contributed by atoms with Crippen LogP contribution in [0.2, 0.25) is 0 Å². The van der Waals surface area contributed by atoms with Gasteiger partial charge in [0, 0.05) is 31.9 Å². The molecule has 4 rings (SSSR count). The molecule has 29 heavy (non-hydrogen) atoms. The molecule has 5 nitrogen and oxygen atoms in total. The van der Waals surface area contributed by atoms with Crippen LogP contribution in [0.15, 0.2) is 54.6 Å². The zero-order valence-corrected chi connectivity index (χ0v) is 17.2. The highest BCUT2D eigenvalue weighted by atomic mass is 16.5. The standard InChI is InChI=1S/C24H30N2O3/c1-2-28-22-12-10-20(11-13-22)18-25-16-17-29-24(19-25)14-6-7-15-26(23(24)27)21-8-4-3-5-9-21/h3-5,8-13H,2,6-7,14-19H2,1H3. The molecule has 1 atom stereocenters. The Kier molecular flexibility index (Phi) is 6.16. The van der Waals surface area contributed by atoms with Crippen LogP contribution in [-0.4, -0.2) is 49.3 Å². The van der Waals surface area contributed by atoms with Gasteiger partial charge in [-0.2, -0.15) is 0 Å². The highest BCUT2D eigenvalue weighted by molar-refractivity contribution is 6.00. The smallest absolute Gasteiger partial charge is 0.260 e. The van der Waals surface area contributed by atoms with Crippen LogP contribution in [0.25, 0.3) is 0 Å². The van der Waals surface area contributed by atoms with Crippen LogP contribution >= 0.6 is 0 Å². The summed E-state index contributed by atoms with van der Waals surface area (Å²) < 4.78 is 11.8. The monoisotopic (exact) mass is 394 g/mol. The lowest BCUT2D eigenvalue weighted by Crippen LogP contribution is -2.59. The number of para-hydroxylation sites is 1. The number of rotatable bonds is 5. The molecule has 154 valence electrons. The van der Waals surface area contributed by atoms with E-state index in [1.54, 1.807) is 0 Å². The highest BCUT2D eigenvalue weighted by Gasteiger charge is 2.47. The molecule has 0 aromatic heterocycles. The van der Waals surface area contributed by atoms with E-state index in [0.29, 0.717) is 19.8 Å². The Morgan fingerprint density at radius 3 is 2.59 bits per heavy atom. The number of amides is 1. The topological polar surface area (TPSA) is 42.0 Å². The first-order valence-corrected chi connectivity index (χ1v) is 10.7. The van der Waals surface area contributed by atoms with E-state index in [4.69, 9.17) is 9.47 Å². The van der Waals surface area contributed by atoms with Crippen molar-refractivity contribution in [2.75, 3.05) is 37.7 Å². The second kappa shape index (κ2) is 8.97. The van der Waals surface area contributed by atoms with Crippen LogP contribution in [0.5, 0.6) is 5.75 Å². The third kappa shape index (κ3) is 4.46. The predicted molar refractivity (Wildman–Crippen MR) is 114 cm³/mol. The van der Waals surface area contributed by atoms with Crippen molar-refractivity contribution in [2.45, 2.75) is 38.3 Å². The van der Waals surface area contributed by atoms with Crippen molar-refractivity contribution in [1.82, 2.24) is 4.90 Å². The van der Waals surface area contributed by atoms with Crippen LogP contribution in [-0.2, 0) is 16.1 Å². The van der Waals surface area contributed by atoms with Crippen molar-refractivity contribution in [3.05, 3.63) is 60.2 Å². The minimum Gasteiger partial charge on any atom is -0.494 e. The average Bonchev–Trinajstić information content (AvgIpc) is 2.90. The van der Waals surface area contributed by atoms with Crippen LogP contribution in [0.1, 0.15) is 31.7 Å². The molecular weight excluding hydrogens is 364 g/mol. The van der Waals surface area contributed by atoms with Gasteiger partial charge >= 0.3 is 0 Å². The van der Waals surface area contributed by atoms with Crippen molar-refractivity contribution < 1.29 is 14.3 Å². The number of nitrogens with zero attached hydrogens (tertiary/aromatic N) is 2. The summed E-state index contributed by atoms with van der Waals surface area (Å²) in [5.74, 6) is 1.00. The van der Waals surface area contributed by atoms with Gasteiger partial charge in [-0.15, -0.1) is 0 Å². The molecule has 0 aliphatic carbocycles. The van der Waals surface area contributed by atoms with Gasteiger partial charge in [-0.1, -0.05) is 30.3 Å². The molecule has 0 saturated carbocycles. The number of anilines is 1. The Morgan fingerprint density at radius 2 is 1.83 bits per heavy atom. The Bertz CT molecular complexity index is 809. The molecule has 2 heterocycles. The maximum atomic E-state index is 13.6. The molecule has 2 aromatic rings. The third-order valence-corrected chi connectivity index (χ3v) is 5.82. The number of hydrogen-bond donors (Lipinski definition) is 0. The van der Waals surface area contributed by atoms with E-state index in [0.717, 1.165) is 50.3 Å². The van der Waals surface area contributed by atoms with Crippen LogP contribution in [0, 0.1) is 0 Å². The second-order valence-electron chi connectivity index (χ2n) is 7.88. The Balaban J connectivity index is 1.49.